The molecule has 0 aliphatic heterocycles. The quantitative estimate of drug-likeness (QED) is 0.157. The van der Waals surface area contributed by atoms with Gasteiger partial charge in [-0.1, -0.05) is 0 Å². The van der Waals surface area contributed by atoms with Gasteiger partial charge in [0, 0.05) is 0 Å². The van der Waals surface area contributed by atoms with Crippen LogP contribution in [0.3, 0.4) is 0 Å². The van der Waals surface area contributed by atoms with Crippen molar-refractivity contribution < 1.29 is 32.1 Å². The minimum atomic E-state index is -1.32. The maximum absolute atomic E-state index is 13.0. The molecule has 0 fully saturated rings. The van der Waals surface area contributed by atoms with E-state index in [2.05, 4.69) is 0 Å². The number of ether oxygens (including phenoxy) is 2. The fourth-order valence-corrected chi connectivity index (χ4v) is 5.38. The third-order valence-electron chi connectivity index (χ3n) is 6.96. The second-order valence-electron chi connectivity index (χ2n) is 9.60. The molecule has 1 N–H and O–H groups in total. The Morgan fingerprint density at radius 1 is 0.595 bits per heavy atom. The first-order valence-corrected chi connectivity index (χ1v) is 14.8. The first-order valence-electron chi connectivity index (χ1n) is 13.8. The van der Waals surface area contributed by atoms with Crippen LogP contribution in [0.5, 0.6) is 23.0 Å². The van der Waals surface area contributed by atoms with Gasteiger partial charge in [-0.2, -0.15) is 0 Å². The standard InChI is InChI=1S/2C17H18O3.Al.H2O/c2*1-3-14-15(12(2)17(18)19)10-7-11-16(14)20-13-8-5-4-6-9-13;;/h2*4-12H,3H2,1-2H3,(H,18,19);;1H2/q;;+3;/p-3. The summed E-state index contributed by atoms with van der Waals surface area (Å²) in [5.41, 5.74) is 3.53. The van der Waals surface area contributed by atoms with Crippen molar-refractivity contribution in [3.05, 3.63) is 119 Å². The first-order chi connectivity index (χ1) is 19.9. The Bertz CT molecular complexity index is 1350. The molecule has 2 atom stereocenters. The SMILES string of the molecule is CCc1c(Oc2ccccc2)cccc1C(C)C(=O)[O][Al+][O]C(=O)C(C)c1cccc(Oc2ccccc2)c1CC.[OH-]. The number of carbonyl (C=O) groups is 2. The van der Waals surface area contributed by atoms with Crippen LogP contribution in [0.25, 0.3) is 0 Å². The molecule has 0 heterocycles. The smallest absolute Gasteiger partial charge is 0.870 e. The number of para-hydroxylation sites is 2. The number of hydrogen-bond donors (Lipinski definition) is 0. The van der Waals surface area contributed by atoms with E-state index in [1.165, 1.54) is 0 Å². The van der Waals surface area contributed by atoms with Gasteiger partial charge in [0.1, 0.15) is 0 Å². The number of rotatable bonds is 12. The van der Waals surface area contributed by atoms with Gasteiger partial charge in [0.05, 0.1) is 0 Å². The van der Waals surface area contributed by atoms with Crippen molar-refractivity contribution in [3.8, 4) is 23.0 Å². The van der Waals surface area contributed by atoms with Crippen LogP contribution < -0.4 is 9.47 Å². The first kappa shape index (κ1) is 32.4. The van der Waals surface area contributed by atoms with Crippen molar-refractivity contribution in [1.82, 2.24) is 0 Å². The van der Waals surface area contributed by atoms with E-state index >= 15 is 0 Å². The van der Waals surface area contributed by atoms with E-state index in [1.54, 1.807) is 13.8 Å². The van der Waals surface area contributed by atoms with Crippen LogP contribution in [0.15, 0.2) is 97.1 Å². The van der Waals surface area contributed by atoms with Gasteiger partial charge < -0.3 is 5.48 Å². The van der Waals surface area contributed by atoms with Gasteiger partial charge >= 0.3 is 249 Å². The van der Waals surface area contributed by atoms with Crippen LogP contribution in [-0.2, 0) is 30.0 Å². The average Bonchev–Trinajstić information content (AvgIpc) is 3.01. The number of hydrogen-bond acceptors (Lipinski definition) is 7. The molecule has 0 aromatic heterocycles. The Kier molecular flexibility index (Phi) is 12.2. The minimum absolute atomic E-state index is 0. The van der Waals surface area contributed by atoms with Gasteiger partial charge in [-0.3, -0.25) is 0 Å². The van der Waals surface area contributed by atoms with Crippen molar-refractivity contribution in [2.75, 3.05) is 0 Å². The Morgan fingerprint density at radius 3 is 1.33 bits per heavy atom. The van der Waals surface area contributed by atoms with Gasteiger partial charge in [0.25, 0.3) is 0 Å². The molecule has 0 saturated carbocycles. The second-order valence-corrected chi connectivity index (χ2v) is 10.3. The average molecular weight is 583 g/mol. The van der Waals surface area contributed by atoms with E-state index in [0.29, 0.717) is 24.3 Å². The van der Waals surface area contributed by atoms with Crippen molar-refractivity contribution in [1.29, 1.82) is 0 Å². The summed E-state index contributed by atoms with van der Waals surface area (Å²) in [7, 11) is 0. The van der Waals surface area contributed by atoms with Crippen LogP contribution in [0, 0.1) is 0 Å². The Hall–Kier alpha value is -4.09. The maximum Gasteiger partial charge on any atom is -0.870 e. The predicted molar refractivity (Wildman–Crippen MR) is 161 cm³/mol. The van der Waals surface area contributed by atoms with Gasteiger partial charge in [-0.15, -0.1) is 0 Å². The molecule has 216 valence electrons. The second kappa shape index (κ2) is 15.8. The van der Waals surface area contributed by atoms with Crippen LogP contribution in [-0.4, -0.2) is 33.3 Å². The summed E-state index contributed by atoms with van der Waals surface area (Å²) in [6, 6.07) is 30.4. The number of carbonyl (C=O) groups excluding carboxylic acids is 2. The van der Waals surface area contributed by atoms with Gasteiger partial charge in [-0.25, -0.2) is 0 Å². The number of benzene rings is 4. The Balaban J connectivity index is 0.00000484. The van der Waals surface area contributed by atoms with E-state index in [1.807, 2.05) is 111 Å². The molecule has 4 aromatic rings. The van der Waals surface area contributed by atoms with Crippen LogP contribution >= 0.6 is 0 Å². The molecule has 0 spiro atoms. The molecule has 0 bridgehead atoms. The van der Waals surface area contributed by atoms with Gasteiger partial charge in [-0.05, 0) is 0 Å². The molecular weight excluding hydrogens is 547 g/mol. The summed E-state index contributed by atoms with van der Waals surface area (Å²) < 4.78 is 23.1. The molecule has 0 amide bonds. The fourth-order valence-electron chi connectivity index (χ4n) is 4.73. The minimum Gasteiger partial charge on any atom is -0.870 e. The van der Waals surface area contributed by atoms with Crippen LogP contribution in [0.2, 0.25) is 0 Å². The largest absolute Gasteiger partial charge is 0.870 e. The molecule has 4 aromatic carbocycles. The van der Waals surface area contributed by atoms with Gasteiger partial charge in [0.2, 0.25) is 0 Å². The van der Waals surface area contributed by atoms with E-state index in [0.717, 1.165) is 33.8 Å². The summed E-state index contributed by atoms with van der Waals surface area (Å²) in [6.45, 7) is 7.62. The maximum atomic E-state index is 13.0. The predicted octanol–water partition coefficient (Wildman–Crippen LogP) is 7.75. The van der Waals surface area contributed by atoms with Crippen molar-refractivity contribution in [2.24, 2.45) is 0 Å². The van der Waals surface area contributed by atoms with E-state index in [-0.39, 0.29) is 5.48 Å². The van der Waals surface area contributed by atoms with Gasteiger partial charge in [0.15, 0.2) is 0 Å². The molecule has 42 heavy (non-hydrogen) atoms. The Morgan fingerprint density at radius 2 is 0.976 bits per heavy atom. The normalized spacial score (nSPS) is 11.7. The third kappa shape index (κ3) is 8.01. The summed E-state index contributed by atoms with van der Waals surface area (Å²) in [6.07, 6.45) is 1.37. The third-order valence-corrected chi connectivity index (χ3v) is 7.61. The fraction of sp³-hybridized carbons (Fsp3) is 0.235. The monoisotopic (exact) mass is 582 g/mol. The molecule has 4 rings (SSSR count). The summed E-state index contributed by atoms with van der Waals surface area (Å²) in [5.74, 6) is 0.867. The molecule has 0 saturated heterocycles. The van der Waals surface area contributed by atoms with E-state index in [9.17, 15) is 9.59 Å². The van der Waals surface area contributed by atoms with Crippen molar-refractivity contribution >= 4 is 27.8 Å². The molecule has 7 nitrogen and oxygen atoms in total. The molecular formula is C34H35AlO7. The van der Waals surface area contributed by atoms with E-state index in [4.69, 9.17) is 17.1 Å². The topological polar surface area (TPSA) is 101 Å². The molecule has 0 aliphatic carbocycles. The zero-order valence-corrected chi connectivity index (χ0v) is 25.4. The van der Waals surface area contributed by atoms with E-state index < -0.39 is 39.7 Å². The van der Waals surface area contributed by atoms with Crippen molar-refractivity contribution in [3.63, 3.8) is 0 Å². The molecule has 2 unspecified atom stereocenters. The Labute approximate surface area is 254 Å². The summed E-state index contributed by atoms with van der Waals surface area (Å²) in [5, 5.41) is 0. The van der Waals surface area contributed by atoms with Crippen LogP contribution in [0.4, 0.5) is 0 Å². The summed E-state index contributed by atoms with van der Waals surface area (Å²) >= 11 is -1.32. The zero-order valence-electron chi connectivity index (χ0n) is 24.3. The summed E-state index contributed by atoms with van der Waals surface area (Å²) in [4.78, 5) is 25.9. The molecule has 8 heteroatoms. The molecule has 0 radical (unpaired) electrons. The molecule has 0 aliphatic rings. The van der Waals surface area contributed by atoms with Crippen LogP contribution in [0.1, 0.15) is 61.8 Å². The van der Waals surface area contributed by atoms with Crippen molar-refractivity contribution in [2.45, 2.75) is 52.4 Å². The zero-order chi connectivity index (χ0) is 29.2.